The second-order valence-electron chi connectivity index (χ2n) is 7.35. The number of imidazole rings is 1. The number of hydrogen-bond donors (Lipinski definition) is 3. The van der Waals surface area contributed by atoms with Crippen LogP contribution in [0.5, 0.6) is 0 Å². The van der Waals surface area contributed by atoms with E-state index in [1.54, 1.807) is 12.4 Å². The lowest BCUT2D eigenvalue weighted by molar-refractivity contribution is -0.192. The molecule has 172 valence electrons. The number of carbonyl (C=O) groups is 2. The highest BCUT2D eigenvalue weighted by atomic mass is 19.4. The zero-order chi connectivity index (χ0) is 23.3. The summed E-state index contributed by atoms with van der Waals surface area (Å²) in [6.07, 6.45) is 4.67. The van der Waals surface area contributed by atoms with Crippen molar-refractivity contribution in [1.29, 1.82) is 0 Å². The standard InChI is InChI=1S/C18H22N6O.C2HF3O2/c1-13-3-2-8-23-16(11-20-18(13)23)9-17(25)22-14-10-21-24(12-14)15-4-6-19-7-5-15;3-2(4,5)1(6)7/h2-3,8,10-12,15,19H,4-7,9H2,1H3,(H,22,25);(H,6,7). The molecule has 0 atom stereocenters. The van der Waals surface area contributed by atoms with Crippen molar-refractivity contribution in [3.05, 3.63) is 48.2 Å². The fourth-order valence-electron chi connectivity index (χ4n) is 3.38. The molecule has 3 aromatic rings. The number of fused-ring (bicyclic) bond motifs is 1. The van der Waals surface area contributed by atoms with Gasteiger partial charge in [-0.25, -0.2) is 9.78 Å². The van der Waals surface area contributed by atoms with Crippen molar-refractivity contribution in [3.63, 3.8) is 0 Å². The number of anilines is 1. The first-order valence-electron chi connectivity index (χ1n) is 9.91. The number of amides is 1. The number of rotatable bonds is 4. The number of halogens is 3. The molecule has 4 heterocycles. The van der Waals surface area contributed by atoms with Crippen LogP contribution >= 0.6 is 0 Å². The third kappa shape index (κ3) is 5.84. The van der Waals surface area contributed by atoms with Crippen molar-refractivity contribution in [2.24, 2.45) is 0 Å². The van der Waals surface area contributed by atoms with Gasteiger partial charge < -0.3 is 20.1 Å². The molecule has 0 spiro atoms. The number of piperidine rings is 1. The van der Waals surface area contributed by atoms with Gasteiger partial charge >= 0.3 is 12.1 Å². The minimum Gasteiger partial charge on any atom is -0.475 e. The summed E-state index contributed by atoms with van der Waals surface area (Å²) < 4.78 is 35.7. The van der Waals surface area contributed by atoms with Crippen LogP contribution in [0.4, 0.5) is 18.9 Å². The molecule has 1 aliphatic heterocycles. The largest absolute Gasteiger partial charge is 0.490 e. The molecule has 0 aromatic carbocycles. The van der Waals surface area contributed by atoms with Crippen molar-refractivity contribution in [2.45, 2.75) is 38.4 Å². The van der Waals surface area contributed by atoms with Crippen LogP contribution in [-0.4, -0.2) is 55.4 Å². The van der Waals surface area contributed by atoms with Gasteiger partial charge in [-0.1, -0.05) is 6.07 Å². The number of aliphatic carboxylic acids is 1. The lowest BCUT2D eigenvalue weighted by atomic mass is 10.1. The van der Waals surface area contributed by atoms with E-state index < -0.39 is 12.1 Å². The Labute approximate surface area is 181 Å². The van der Waals surface area contributed by atoms with Crippen LogP contribution in [0.15, 0.2) is 36.9 Å². The summed E-state index contributed by atoms with van der Waals surface area (Å²) in [4.78, 5) is 25.7. The minimum atomic E-state index is -5.08. The quantitative estimate of drug-likeness (QED) is 0.561. The molecule has 1 fully saturated rings. The van der Waals surface area contributed by atoms with Crippen LogP contribution in [0.2, 0.25) is 0 Å². The van der Waals surface area contributed by atoms with E-state index in [1.165, 1.54) is 0 Å². The van der Waals surface area contributed by atoms with Crippen molar-refractivity contribution < 1.29 is 27.9 Å². The normalized spacial score (nSPS) is 14.6. The highest BCUT2D eigenvalue weighted by Gasteiger charge is 2.38. The summed E-state index contributed by atoms with van der Waals surface area (Å²) >= 11 is 0. The average Bonchev–Trinajstić information content (AvgIpc) is 3.37. The van der Waals surface area contributed by atoms with Crippen LogP contribution < -0.4 is 10.6 Å². The summed E-state index contributed by atoms with van der Waals surface area (Å²) in [7, 11) is 0. The van der Waals surface area contributed by atoms with Crippen LogP contribution in [0.25, 0.3) is 5.65 Å². The summed E-state index contributed by atoms with van der Waals surface area (Å²) in [6.45, 7) is 4.04. The van der Waals surface area contributed by atoms with E-state index in [-0.39, 0.29) is 12.3 Å². The second-order valence-corrected chi connectivity index (χ2v) is 7.35. The van der Waals surface area contributed by atoms with Crippen LogP contribution in [0.1, 0.15) is 30.1 Å². The number of nitrogens with one attached hydrogen (secondary N) is 2. The molecule has 1 saturated heterocycles. The molecule has 0 unspecified atom stereocenters. The Bertz CT molecular complexity index is 1090. The Morgan fingerprint density at radius 1 is 1.28 bits per heavy atom. The van der Waals surface area contributed by atoms with Gasteiger partial charge in [0.05, 0.1) is 30.0 Å². The first-order valence-corrected chi connectivity index (χ1v) is 9.91. The van der Waals surface area contributed by atoms with Crippen LogP contribution in [0.3, 0.4) is 0 Å². The second kappa shape index (κ2) is 9.81. The van der Waals surface area contributed by atoms with E-state index in [0.717, 1.165) is 48.5 Å². The van der Waals surface area contributed by atoms with Crippen molar-refractivity contribution in [2.75, 3.05) is 18.4 Å². The van der Waals surface area contributed by atoms with Crippen LogP contribution in [-0.2, 0) is 16.0 Å². The number of nitrogens with zero attached hydrogens (tertiary/aromatic N) is 4. The number of pyridine rings is 1. The third-order valence-corrected chi connectivity index (χ3v) is 4.96. The van der Waals surface area contributed by atoms with E-state index in [9.17, 15) is 18.0 Å². The Hall–Kier alpha value is -3.41. The molecular weight excluding hydrogens is 429 g/mol. The molecule has 3 N–H and O–H groups in total. The molecule has 0 radical (unpaired) electrons. The van der Waals surface area contributed by atoms with Crippen molar-refractivity contribution in [1.82, 2.24) is 24.5 Å². The van der Waals surface area contributed by atoms with Gasteiger partial charge in [-0.05, 0) is 44.5 Å². The van der Waals surface area contributed by atoms with Gasteiger partial charge in [0.2, 0.25) is 5.91 Å². The fraction of sp³-hybridized carbons (Fsp3) is 0.400. The van der Waals surface area contributed by atoms with E-state index in [1.807, 2.05) is 40.5 Å². The van der Waals surface area contributed by atoms with Gasteiger partial charge in [-0.3, -0.25) is 9.48 Å². The molecular formula is C20H23F3N6O3. The number of alkyl halides is 3. The monoisotopic (exact) mass is 452 g/mol. The van der Waals surface area contributed by atoms with Gasteiger partial charge in [0.25, 0.3) is 0 Å². The van der Waals surface area contributed by atoms with Crippen molar-refractivity contribution >= 4 is 23.2 Å². The number of carboxylic acids is 1. The van der Waals surface area contributed by atoms with Gasteiger partial charge in [-0.15, -0.1) is 0 Å². The van der Waals surface area contributed by atoms with Crippen molar-refractivity contribution in [3.8, 4) is 0 Å². The number of aryl methyl sites for hydroxylation is 1. The highest BCUT2D eigenvalue weighted by Crippen LogP contribution is 2.20. The molecule has 32 heavy (non-hydrogen) atoms. The maximum Gasteiger partial charge on any atom is 0.490 e. The van der Waals surface area contributed by atoms with E-state index in [2.05, 4.69) is 20.7 Å². The van der Waals surface area contributed by atoms with Gasteiger partial charge in [0, 0.05) is 18.6 Å². The minimum absolute atomic E-state index is 0.0619. The lowest BCUT2D eigenvalue weighted by Gasteiger charge is -2.22. The summed E-state index contributed by atoms with van der Waals surface area (Å²) in [6, 6.07) is 4.39. The fourth-order valence-corrected chi connectivity index (χ4v) is 3.38. The first kappa shape index (κ1) is 23.3. The van der Waals surface area contributed by atoms with E-state index >= 15 is 0 Å². The third-order valence-electron chi connectivity index (χ3n) is 4.96. The lowest BCUT2D eigenvalue weighted by Crippen LogP contribution is -2.29. The topological polar surface area (TPSA) is 114 Å². The van der Waals surface area contributed by atoms with Gasteiger partial charge in [-0.2, -0.15) is 18.3 Å². The predicted molar refractivity (Wildman–Crippen MR) is 109 cm³/mol. The SMILES string of the molecule is Cc1cccn2c(CC(=O)Nc3cnn(C4CCNCC4)c3)cnc12.O=C(O)C(F)(F)F. The van der Waals surface area contributed by atoms with Gasteiger partial charge in [0.15, 0.2) is 0 Å². The molecule has 1 aliphatic rings. The van der Waals surface area contributed by atoms with E-state index in [0.29, 0.717) is 6.04 Å². The number of hydrogen-bond acceptors (Lipinski definition) is 5. The average molecular weight is 452 g/mol. The number of carboxylic acid groups (broad SMARTS) is 1. The molecule has 12 heteroatoms. The number of carbonyl (C=O) groups excluding carboxylic acids is 1. The number of aromatic nitrogens is 4. The van der Waals surface area contributed by atoms with Gasteiger partial charge in [0.1, 0.15) is 5.65 Å². The molecule has 4 rings (SSSR count). The zero-order valence-electron chi connectivity index (χ0n) is 17.3. The Kier molecular flexibility index (Phi) is 7.13. The summed E-state index contributed by atoms with van der Waals surface area (Å²) in [5.74, 6) is -2.82. The molecule has 0 aliphatic carbocycles. The zero-order valence-corrected chi connectivity index (χ0v) is 17.3. The Morgan fingerprint density at radius 2 is 1.97 bits per heavy atom. The maximum absolute atomic E-state index is 12.4. The first-order chi connectivity index (χ1) is 15.1. The molecule has 1 amide bonds. The Balaban J connectivity index is 0.000000360. The molecule has 0 bridgehead atoms. The summed E-state index contributed by atoms with van der Waals surface area (Å²) in [5, 5.41) is 17.8. The smallest absolute Gasteiger partial charge is 0.475 e. The summed E-state index contributed by atoms with van der Waals surface area (Å²) in [5.41, 5.74) is 3.61. The Morgan fingerprint density at radius 3 is 2.62 bits per heavy atom. The predicted octanol–water partition coefficient (Wildman–Crippen LogP) is 2.58. The maximum atomic E-state index is 12.4. The molecule has 3 aromatic heterocycles. The van der Waals surface area contributed by atoms with Crippen LogP contribution in [0, 0.1) is 6.92 Å². The highest BCUT2D eigenvalue weighted by molar-refractivity contribution is 5.91. The molecule has 9 nitrogen and oxygen atoms in total. The van der Waals surface area contributed by atoms with E-state index in [4.69, 9.17) is 9.90 Å². The molecule has 0 saturated carbocycles.